The molecule has 0 saturated carbocycles. The first kappa shape index (κ1) is 11.8. The van der Waals surface area contributed by atoms with Gasteiger partial charge in [0, 0.05) is 10.5 Å². The van der Waals surface area contributed by atoms with Crippen LogP contribution < -0.4 is 11.1 Å². The Labute approximate surface area is 106 Å². The van der Waals surface area contributed by atoms with Crippen molar-refractivity contribution >= 4 is 33.3 Å². The maximum Gasteiger partial charge on any atom is 0.147 e. The molecule has 0 saturated heterocycles. The summed E-state index contributed by atoms with van der Waals surface area (Å²) in [5, 5.41) is 2.87. The Kier molecular flexibility index (Phi) is 3.23. The van der Waals surface area contributed by atoms with Gasteiger partial charge in [-0.2, -0.15) is 0 Å². The van der Waals surface area contributed by atoms with Gasteiger partial charge in [-0.3, -0.25) is 0 Å². The average molecular weight is 297 g/mol. The molecule has 6 heteroatoms. The van der Waals surface area contributed by atoms with Gasteiger partial charge in [-0.1, -0.05) is 6.07 Å². The number of nitrogen functional groups attached to an aromatic ring is 1. The lowest BCUT2D eigenvalue weighted by Crippen LogP contribution is -2.02. The van der Waals surface area contributed by atoms with E-state index in [0.29, 0.717) is 27.6 Å². The quantitative estimate of drug-likeness (QED) is 0.894. The number of nitrogens with one attached hydrogen (secondary N) is 1. The van der Waals surface area contributed by atoms with Crippen LogP contribution in [0, 0.1) is 12.7 Å². The molecule has 0 radical (unpaired) electrons. The minimum Gasteiger partial charge on any atom is -0.384 e. The fourth-order valence-corrected chi connectivity index (χ4v) is 1.84. The predicted octanol–water partition coefficient (Wildman–Crippen LogP) is 3.01. The van der Waals surface area contributed by atoms with Crippen LogP contribution in [0.25, 0.3) is 0 Å². The SMILES string of the molecule is Cc1nc(N)cc(Nc2c(F)cccc2Br)n1. The van der Waals surface area contributed by atoms with E-state index in [1.165, 1.54) is 6.07 Å². The largest absolute Gasteiger partial charge is 0.384 e. The maximum atomic E-state index is 13.6. The molecule has 1 heterocycles. The van der Waals surface area contributed by atoms with E-state index in [1.807, 2.05) is 0 Å². The van der Waals surface area contributed by atoms with Crippen molar-refractivity contribution in [2.24, 2.45) is 0 Å². The Morgan fingerprint density at radius 1 is 1.35 bits per heavy atom. The number of rotatable bonds is 2. The number of aryl methyl sites for hydroxylation is 1. The second kappa shape index (κ2) is 4.67. The van der Waals surface area contributed by atoms with Crippen LogP contribution in [0.1, 0.15) is 5.82 Å². The van der Waals surface area contributed by atoms with Gasteiger partial charge in [0.1, 0.15) is 23.3 Å². The summed E-state index contributed by atoms with van der Waals surface area (Å²) >= 11 is 3.26. The highest BCUT2D eigenvalue weighted by molar-refractivity contribution is 9.10. The Morgan fingerprint density at radius 2 is 2.12 bits per heavy atom. The molecule has 17 heavy (non-hydrogen) atoms. The third-order valence-corrected chi connectivity index (χ3v) is 2.73. The zero-order valence-electron chi connectivity index (χ0n) is 9.04. The van der Waals surface area contributed by atoms with Gasteiger partial charge in [-0.15, -0.1) is 0 Å². The van der Waals surface area contributed by atoms with Gasteiger partial charge < -0.3 is 11.1 Å². The van der Waals surface area contributed by atoms with E-state index in [4.69, 9.17) is 5.73 Å². The van der Waals surface area contributed by atoms with E-state index in [2.05, 4.69) is 31.2 Å². The molecule has 1 aromatic carbocycles. The first-order chi connectivity index (χ1) is 8.06. The molecular formula is C11H10BrFN4. The molecule has 0 aliphatic heterocycles. The van der Waals surface area contributed by atoms with Gasteiger partial charge >= 0.3 is 0 Å². The van der Waals surface area contributed by atoms with E-state index < -0.39 is 0 Å². The molecule has 0 aliphatic rings. The van der Waals surface area contributed by atoms with E-state index in [-0.39, 0.29) is 5.82 Å². The molecule has 0 aliphatic carbocycles. The molecule has 0 fully saturated rings. The fraction of sp³-hybridized carbons (Fsp3) is 0.0909. The van der Waals surface area contributed by atoms with Crippen molar-refractivity contribution < 1.29 is 4.39 Å². The van der Waals surface area contributed by atoms with Crippen molar-refractivity contribution in [3.8, 4) is 0 Å². The van der Waals surface area contributed by atoms with Gasteiger partial charge in [-0.05, 0) is 35.0 Å². The highest BCUT2D eigenvalue weighted by atomic mass is 79.9. The maximum absolute atomic E-state index is 13.6. The van der Waals surface area contributed by atoms with Crippen LogP contribution in [-0.4, -0.2) is 9.97 Å². The second-order valence-electron chi connectivity index (χ2n) is 3.45. The summed E-state index contributed by atoms with van der Waals surface area (Å²) in [7, 11) is 0. The smallest absolute Gasteiger partial charge is 0.147 e. The van der Waals surface area contributed by atoms with Crippen molar-refractivity contribution in [3.63, 3.8) is 0 Å². The standard InChI is InChI=1S/C11H10BrFN4/c1-6-15-9(14)5-10(16-6)17-11-7(12)3-2-4-8(11)13/h2-5H,1H3,(H3,14,15,16,17). The Balaban J connectivity index is 2.38. The van der Waals surface area contributed by atoms with Crippen LogP contribution >= 0.6 is 15.9 Å². The number of halogens is 2. The Morgan fingerprint density at radius 3 is 2.76 bits per heavy atom. The fourth-order valence-electron chi connectivity index (χ4n) is 1.40. The number of anilines is 3. The van der Waals surface area contributed by atoms with Gasteiger partial charge in [0.05, 0.1) is 5.69 Å². The molecular weight excluding hydrogens is 287 g/mol. The molecule has 0 spiro atoms. The van der Waals surface area contributed by atoms with E-state index in [9.17, 15) is 4.39 Å². The summed E-state index contributed by atoms with van der Waals surface area (Å²) in [4.78, 5) is 8.06. The van der Waals surface area contributed by atoms with Gasteiger partial charge in [0.2, 0.25) is 0 Å². The van der Waals surface area contributed by atoms with E-state index in [1.54, 1.807) is 25.1 Å². The molecule has 0 atom stereocenters. The number of nitrogens with two attached hydrogens (primary N) is 1. The minimum absolute atomic E-state index is 0.324. The van der Waals surface area contributed by atoms with Crippen molar-refractivity contribution in [3.05, 3.63) is 40.4 Å². The Hall–Kier alpha value is -1.69. The highest BCUT2D eigenvalue weighted by Crippen LogP contribution is 2.28. The molecule has 0 bridgehead atoms. The first-order valence-corrected chi connectivity index (χ1v) is 5.68. The summed E-state index contributed by atoms with van der Waals surface area (Å²) < 4.78 is 14.2. The van der Waals surface area contributed by atoms with Crippen LogP contribution in [0.3, 0.4) is 0 Å². The van der Waals surface area contributed by atoms with Crippen molar-refractivity contribution in [2.75, 3.05) is 11.1 Å². The summed E-state index contributed by atoms with van der Waals surface area (Å²) in [5.74, 6) is 0.961. The van der Waals surface area contributed by atoms with Crippen LogP contribution in [0.15, 0.2) is 28.7 Å². The Bertz CT molecular complexity index is 519. The monoisotopic (exact) mass is 296 g/mol. The molecule has 1 aromatic heterocycles. The number of aromatic nitrogens is 2. The number of hydrogen-bond donors (Lipinski definition) is 2. The van der Waals surface area contributed by atoms with Crippen LogP contribution in [0.4, 0.5) is 21.7 Å². The zero-order chi connectivity index (χ0) is 12.4. The zero-order valence-corrected chi connectivity index (χ0v) is 10.6. The molecule has 88 valence electrons. The van der Waals surface area contributed by atoms with E-state index in [0.717, 1.165) is 0 Å². The molecule has 2 aromatic rings. The van der Waals surface area contributed by atoms with Gasteiger partial charge in [0.15, 0.2) is 0 Å². The lowest BCUT2D eigenvalue weighted by molar-refractivity contribution is 0.631. The minimum atomic E-state index is -0.366. The summed E-state index contributed by atoms with van der Waals surface area (Å²) in [6, 6.07) is 6.27. The van der Waals surface area contributed by atoms with Crippen LogP contribution in [0.5, 0.6) is 0 Å². The van der Waals surface area contributed by atoms with Crippen molar-refractivity contribution in [2.45, 2.75) is 6.92 Å². The van der Waals surface area contributed by atoms with Gasteiger partial charge in [-0.25, -0.2) is 14.4 Å². The summed E-state index contributed by atoms with van der Waals surface area (Å²) in [6.45, 7) is 1.72. The lowest BCUT2D eigenvalue weighted by Gasteiger charge is -2.09. The highest BCUT2D eigenvalue weighted by Gasteiger charge is 2.08. The number of nitrogens with zero attached hydrogens (tertiary/aromatic N) is 2. The molecule has 0 amide bonds. The second-order valence-corrected chi connectivity index (χ2v) is 4.30. The number of benzene rings is 1. The molecule has 3 N–H and O–H groups in total. The van der Waals surface area contributed by atoms with Crippen LogP contribution in [0.2, 0.25) is 0 Å². The van der Waals surface area contributed by atoms with Gasteiger partial charge in [0.25, 0.3) is 0 Å². The van der Waals surface area contributed by atoms with Crippen molar-refractivity contribution in [1.29, 1.82) is 0 Å². The van der Waals surface area contributed by atoms with E-state index >= 15 is 0 Å². The molecule has 4 nitrogen and oxygen atoms in total. The molecule has 2 rings (SSSR count). The summed E-state index contributed by atoms with van der Waals surface area (Å²) in [6.07, 6.45) is 0. The molecule has 0 unspecified atom stereocenters. The third-order valence-electron chi connectivity index (χ3n) is 2.07. The number of hydrogen-bond acceptors (Lipinski definition) is 4. The topological polar surface area (TPSA) is 63.8 Å². The first-order valence-electron chi connectivity index (χ1n) is 4.88. The third kappa shape index (κ3) is 2.71. The predicted molar refractivity (Wildman–Crippen MR) is 68.6 cm³/mol. The normalized spacial score (nSPS) is 10.3. The van der Waals surface area contributed by atoms with Crippen molar-refractivity contribution in [1.82, 2.24) is 9.97 Å². The van der Waals surface area contributed by atoms with Crippen LogP contribution in [-0.2, 0) is 0 Å². The summed E-state index contributed by atoms with van der Waals surface area (Å²) in [5.41, 5.74) is 5.92. The lowest BCUT2D eigenvalue weighted by atomic mass is 10.3. The average Bonchev–Trinajstić information content (AvgIpc) is 2.22. The number of para-hydroxylation sites is 1.